The van der Waals surface area contributed by atoms with Crippen LogP contribution in [-0.2, 0) is 16.0 Å². The number of likely N-dealkylation sites (tertiary alicyclic amines) is 1. The van der Waals surface area contributed by atoms with Crippen LogP contribution in [-0.4, -0.2) is 94.4 Å². The van der Waals surface area contributed by atoms with Gasteiger partial charge in [-0.2, -0.15) is 0 Å². The van der Waals surface area contributed by atoms with Crippen LogP contribution >= 0.6 is 0 Å². The van der Waals surface area contributed by atoms with Gasteiger partial charge in [-0.15, -0.1) is 0 Å². The number of hydrogen-bond acceptors (Lipinski definition) is 7. The Morgan fingerprint density at radius 2 is 1.83 bits per heavy atom. The van der Waals surface area contributed by atoms with Gasteiger partial charge in [0.25, 0.3) is 0 Å². The molecular formula is C22H36N2O5. The van der Waals surface area contributed by atoms with E-state index in [2.05, 4.69) is 15.9 Å². The summed E-state index contributed by atoms with van der Waals surface area (Å²) in [6.45, 7) is 8.00. The molecule has 0 saturated carbocycles. The molecule has 0 amide bonds. The Hall–Kier alpha value is -1.38. The molecule has 1 aromatic carbocycles. The monoisotopic (exact) mass is 408 g/mol. The van der Waals surface area contributed by atoms with Crippen LogP contribution in [0, 0.1) is 5.92 Å². The second-order valence-electron chi connectivity index (χ2n) is 8.04. The molecule has 7 nitrogen and oxygen atoms in total. The van der Waals surface area contributed by atoms with E-state index in [0.29, 0.717) is 18.2 Å². The summed E-state index contributed by atoms with van der Waals surface area (Å²) in [6.07, 6.45) is 1.84. The quantitative estimate of drug-likeness (QED) is 0.631. The number of nitrogens with zero attached hydrogens (tertiary/aromatic N) is 2. The molecule has 2 aliphatic rings. The average Bonchev–Trinajstić information content (AvgIpc) is 2.75. The fourth-order valence-electron chi connectivity index (χ4n) is 4.06. The van der Waals surface area contributed by atoms with Crippen LogP contribution in [0.15, 0.2) is 18.2 Å². The SMILES string of the molecule is COCC1CCN(Cc2ccc(OCC(O)CN3CCOCC3)c(OC)c2)CC1. The van der Waals surface area contributed by atoms with Crippen LogP contribution < -0.4 is 9.47 Å². The van der Waals surface area contributed by atoms with Crippen LogP contribution in [0.3, 0.4) is 0 Å². The van der Waals surface area contributed by atoms with Gasteiger partial charge >= 0.3 is 0 Å². The Morgan fingerprint density at radius 3 is 2.52 bits per heavy atom. The lowest BCUT2D eigenvalue weighted by atomic mass is 9.97. The molecule has 2 fully saturated rings. The van der Waals surface area contributed by atoms with Gasteiger partial charge in [0.05, 0.1) is 20.3 Å². The molecule has 2 saturated heterocycles. The smallest absolute Gasteiger partial charge is 0.161 e. The zero-order valence-corrected chi connectivity index (χ0v) is 17.8. The highest BCUT2D eigenvalue weighted by molar-refractivity contribution is 5.43. The fraction of sp³-hybridized carbons (Fsp3) is 0.727. The molecule has 7 heteroatoms. The first-order valence-electron chi connectivity index (χ1n) is 10.7. The molecule has 0 bridgehead atoms. The number of piperidine rings is 1. The van der Waals surface area contributed by atoms with Crippen molar-refractivity contribution in [1.82, 2.24) is 9.80 Å². The summed E-state index contributed by atoms with van der Waals surface area (Å²) < 4.78 is 22.0. The van der Waals surface area contributed by atoms with Gasteiger partial charge in [0.15, 0.2) is 11.5 Å². The summed E-state index contributed by atoms with van der Waals surface area (Å²) in [5, 5.41) is 10.3. The predicted molar refractivity (Wildman–Crippen MR) is 112 cm³/mol. The maximum Gasteiger partial charge on any atom is 0.161 e. The summed E-state index contributed by atoms with van der Waals surface area (Å²) >= 11 is 0. The predicted octanol–water partition coefficient (Wildman–Crippen LogP) is 1.63. The lowest BCUT2D eigenvalue weighted by molar-refractivity contribution is 0.00445. The van der Waals surface area contributed by atoms with E-state index in [9.17, 15) is 5.11 Å². The topological polar surface area (TPSA) is 63.6 Å². The number of rotatable bonds is 10. The van der Waals surface area contributed by atoms with E-state index >= 15 is 0 Å². The maximum absolute atomic E-state index is 10.3. The normalized spacial score (nSPS) is 20.5. The van der Waals surface area contributed by atoms with E-state index in [-0.39, 0.29) is 6.61 Å². The van der Waals surface area contributed by atoms with Crippen molar-refractivity contribution in [2.24, 2.45) is 5.92 Å². The van der Waals surface area contributed by atoms with Crippen molar-refractivity contribution in [2.75, 3.05) is 73.4 Å². The van der Waals surface area contributed by atoms with Crippen molar-refractivity contribution in [3.63, 3.8) is 0 Å². The second-order valence-corrected chi connectivity index (χ2v) is 8.04. The maximum atomic E-state index is 10.3. The first kappa shape index (κ1) is 22.3. The van der Waals surface area contributed by atoms with Gasteiger partial charge in [-0.1, -0.05) is 6.07 Å². The fourth-order valence-corrected chi connectivity index (χ4v) is 4.06. The molecule has 0 aliphatic carbocycles. The van der Waals surface area contributed by atoms with Gasteiger partial charge in [-0.25, -0.2) is 0 Å². The Bertz CT molecular complexity index is 601. The molecule has 29 heavy (non-hydrogen) atoms. The summed E-state index contributed by atoms with van der Waals surface area (Å²) in [7, 11) is 3.44. The van der Waals surface area contributed by atoms with Gasteiger partial charge < -0.3 is 24.1 Å². The minimum absolute atomic E-state index is 0.250. The van der Waals surface area contributed by atoms with E-state index in [1.54, 1.807) is 14.2 Å². The zero-order chi connectivity index (χ0) is 20.5. The number of hydrogen-bond donors (Lipinski definition) is 1. The standard InChI is InChI=1S/C22H36N2O5/c1-26-16-18-5-7-23(8-6-18)14-19-3-4-21(22(13-19)27-2)29-17-20(25)15-24-9-11-28-12-10-24/h3-4,13,18,20,25H,5-12,14-17H2,1-2H3. The molecule has 3 rings (SSSR count). The lowest BCUT2D eigenvalue weighted by Gasteiger charge is -2.31. The van der Waals surface area contributed by atoms with Crippen LogP contribution in [0.25, 0.3) is 0 Å². The second kappa shape index (κ2) is 11.7. The Balaban J connectivity index is 1.47. The summed E-state index contributed by atoms with van der Waals surface area (Å²) in [4.78, 5) is 4.68. The number of ether oxygens (including phenoxy) is 4. The molecule has 1 atom stereocenters. The highest BCUT2D eigenvalue weighted by Gasteiger charge is 2.20. The Morgan fingerprint density at radius 1 is 1.07 bits per heavy atom. The first-order valence-corrected chi connectivity index (χ1v) is 10.7. The molecule has 0 radical (unpaired) electrons. The molecular weight excluding hydrogens is 372 g/mol. The minimum atomic E-state index is -0.536. The van der Waals surface area contributed by atoms with Crippen LogP contribution in [0.2, 0.25) is 0 Å². The summed E-state index contributed by atoms with van der Waals surface area (Å²) in [5.41, 5.74) is 1.22. The highest BCUT2D eigenvalue weighted by atomic mass is 16.5. The molecule has 1 unspecified atom stereocenters. The van der Waals surface area contributed by atoms with E-state index in [4.69, 9.17) is 18.9 Å². The molecule has 2 aliphatic heterocycles. The third-order valence-corrected chi connectivity index (χ3v) is 5.75. The molecule has 0 aromatic heterocycles. The number of methoxy groups -OCH3 is 2. The third kappa shape index (κ3) is 7.12. The van der Waals surface area contributed by atoms with Gasteiger partial charge in [0.2, 0.25) is 0 Å². The molecule has 164 valence electrons. The van der Waals surface area contributed by atoms with Gasteiger partial charge in [-0.3, -0.25) is 9.80 Å². The summed E-state index contributed by atoms with van der Waals surface area (Å²) in [6, 6.07) is 6.09. The number of morpholine rings is 1. The average molecular weight is 409 g/mol. The van der Waals surface area contributed by atoms with E-state index in [1.807, 2.05) is 12.1 Å². The van der Waals surface area contributed by atoms with Gasteiger partial charge in [0, 0.05) is 39.9 Å². The largest absolute Gasteiger partial charge is 0.493 e. The lowest BCUT2D eigenvalue weighted by Crippen LogP contribution is -2.42. The Labute approximate surface area is 174 Å². The van der Waals surface area contributed by atoms with Crippen molar-refractivity contribution in [3.05, 3.63) is 23.8 Å². The van der Waals surface area contributed by atoms with Crippen molar-refractivity contribution in [3.8, 4) is 11.5 Å². The van der Waals surface area contributed by atoms with E-state index in [1.165, 1.54) is 18.4 Å². The van der Waals surface area contributed by atoms with Crippen molar-refractivity contribution in [1.29, 1.82) is 0 Å². The number of aliphatic hydroxyl groups is 1. The van der Waals surface area contributed by atoms with Crippen molar-refractivity contribution in [2.45, 2.75) is 25.5 Å². The van der Waals surface area contributed by atoms with Gasteiger partial charge in [0.1, 0.15) is 12.7 Å². The van der Waals surface area contributed by atoms with Crippen molar-refractivity contribution < 1.29 is 24.1 Å². The third-order valence-electron chi connectivity index (χ3n) is 5.75. The van der Waals surface area contributed by atoms with Crippen molar-refractivity contribution >= 4 is 0 Å². The number of aliphatic hydroxyl groups excluding tert-OH is 1. The highest BCUT2D eigenvalue weighted by Crippen LogP contribution is 2.29. The first-order chi connectivity index (χ1) is 14.2. The molecule has 1 aromatic rings. The minimum Gasteiger partial charge on any atom is -0.493 e. The Kier molecular flexibility index (Phi) is 9.01. The number of β-amino-alcohol motifs (C(OH)–C–C–N with tert-alkyl or cyclic N) is 1. The van der Waals surface area contributed by atoms with E-state index < -0.39 is 6.10 Å². The summed E-state index contributed by atoms with van der Waals surface area (Å²) in [5.74, 6) is 2.08. The van der Waals surface area contributed by atoms with Crippen LogP contribution in [0.5, 0.6) is 11.5 Å². The van der Waals surface area contributed by atoms with E-state index in [0.717, 1.165) is 58.3 Å². The van der Waals surface area contributed by atoms with Crippen LogP contribution in [0.1, 0.15) is 18.4 Å². The molecule has 0 spiro atoms. The molecule has 2 heterocycles. The van der Waals surface area contributed by atoms with Crippen LogP contribution in [0.4, 0.5) is 0 Å². The number of benzene rings is 1. The zero-order valence-electron chi connectivity index (χ0n) is 17.8. The molecule has 1 N–H and O–H groups in total. The van der Waals surface area contributed by atoms with Gasteiger partial charge in [-0.05, 0) is 49.5 Å².